The number of halogens is 6. The molecule has 30 atom stereocenters. The summed E-state index contributed by atoms with van der Waals surface area (Å²) < 4.78 is 73.3. The van der Waals surface area contributed by atoms with Crippen LogP contribution in [0, 0.1) is 0 Å². The van der Waals surface area contributed by atoms with E-state index < -0.39 is 184 Å². The normalized spacial score (nSPS) is 55.4. The van der Waals surface area contributed by atoms with Crippen LogP contribution >= 0.6 is 136 Å². The van der Waals surface area contributed by atoms with E-state index in [4.69, 9.17) is 56.8 Å². The van der Waals surface area contributed by atoms with Crippen molar-refractivity contribution in [3.63, 3.8) is 0 Å². The number of hydrogen-bond acceptors (Lipinski definition) is 24. The summed E-state index contributed by atoms with van der Waals surface area (Å²) in [6, 6.07) is 0. The molecule has 12 bridgehead atoms. The van der Waals surface area contributed by atoms with Crippen LogP contribution in [0.1, 0.15) is 0 Å². The summed E-state index contributed by atoms with van der Waals surface area (Å²) in [5.41, 5.74) is 0. The zero-order valence-corrected chi connectivity index (χ0v) is 47.0. The largest absolute Gasteiger partial charge is 0.387 e. The van der Waals surface area contributed by atoms with Gasteiger partial charge in [-0.3, -0.25) is 0 Å². The highest BCUT2D eigenvalue weighted by Crippen LogP contribution is 2.39. The molecule has 30 heteroatoms. The fraction of sp³-hybridized carbons (Fsp3) is 1.00. The lowest BCUT2D eigenvalue weighted by Crippen LogP contribution is -2.68. The van der Waals surface area contributed by atoms with Crippen molar-refractivity contribution in [1.82, 2.24) is 0 Å². The third kappa shape index (κ3) is 11.7. The van der Waals surface area contributed by atoms with Crippen molar-refractivity contribution in [2.24, 2.45) is 0 Å². The molecular formula is C36H54I6O24. The molecule has 0 amide bonds. The molecule has 12 N–H and O–H groups in total. The molecule has 0 radical (unpaired) electrons. The first-order valence-corrected chi connectivity index (χ1v) is 30.0. The summed E-state index contributed by atoms with van der Waals surface area (Å²) in [5, 5.41) is 137. The van der Waals surface area contributed by atoms with E-state index in [0.717, 1.165) is 0 Å². The number of rotatable bonds is 6. The van der Waals surface area contributed by atoms with Gasteiger partial charge >= 0.3 is 0 Å². The third-order valence-electron chi connectivity index (χ3n) is 12.5. The van der Waals surface area contributed by atoms with Crippen LogP contribution < -0.4 is 0 Å². The quantitative estimate of drug-likeness (QED) is 0.0883. The predicted octanol–water partition coefficient (Wildman–Crippen LogP) is -4.40. The van der Waals surface area contributed by atoms with Crippen LogP contribution in [0.25, 0.3) is 0 Å². The first-order valence-electron chi connectivity index (χ1n) is 20.8. The standard InChI is InChI=1S/C36H54I6O24/c37-1-7-25-13(43)19(49)31(55-7)62-26-8(2-38)57-33(21(51)15(26)45)64-28-10(4-40)59-35(23(53)17(28)47)66-30-12(6-42)60-36(24(54)18(30)48)65-29-11(5-41)58-34(22(52)16(29)46)63-27-9(3-39)56-32(61-25)20(50)14(27)44/h7-36,43-54H,1-6H2. The molecule has 22 saturated heterocycles. The topological polar surface area (TPSA) is 354 Å². The molecule has 22 rings (SSSR count). The molecular weight excluding hydrogens is 1580 g/mol. The molecule has 0 aliphatic carbocycles. The van der Waals surface area contributed by atoms with Crippen LogP contribution in [0.15, 0.2) is 0 Å². The minimum atomic E-state index is -1.85. The van der Waals surface area contributed by atoms with Crippen LogP contribution in [0.3, 0.4) is 0 Å². The summed E-state index contributed by atoms with van der Waals surface area (Å²) in [5.74, 6) is 0. The Morgan fingerprint density at radius 2 is 0.318 bits per heavy atom. The predicted molar refractivity (Wildman–Crippen MR) is 267 cm³/mol. The minimum Gasteiger partial charge on any atom is -0.387 e. The van der Waals surface area contributed by atoms with E-state index in [1.807, 2.05) is 136 Å². The van der Waals surface area contributed by atoms with Crippen molar-refractivity contribution in [2.75, 3.05) is 26.6 Å². The van der Waals surface area contributed by atoms with Gasteiger partial charge in [0, 0.05) is 26.6 Å². The summed E-state index contributed by atoms with van der Waals surface area (Å²) >= 11 is 11.7. The van der Waals surface area contributed by atoms with Gasteiger partial charge in [0.2, 0.25) is 0 Å². The highest BCUT2D eigenvalue weighted by Gasteiger charge is 2.58. The first kappa shape index (κ1) is 57.1. The van der Waals surface area contributed by atoms with Crippen molar-refractivity contribution in [1.29, 1.82) is 0 Å². The van der Waals surface area contributed by atoms with Gasteiger partial charge in [-0.1, -0.05) is 136 Å². The number of ether oxygens (including phenoxy) is 12. The van der Waals surface area contributed by atoms with Crippen LogP contribution in [-0.4, -0.2) is 272 Å². The third-order valence-corrected chi connectivity index (χ3v) is 17.7. The van der Waals surface area contributed by atoms with Crippen molar-refractivity contribution in [3.05, 3.63) is 0 Å². The monoisotopic (exact) mass is 1630 g/mol. The van der Waals surface area contributed by atoms with E-state index in [0.29, 0.717) is 0 Å². The SMILES string of the molecule is OC1C2OC(CI)C(OC3OC(CI)C(OC4OC(CI)C(OC5OC(CI)C(OC6OC(CI)C(OC7OC(CI)C(O2)C(O)C7O)C(O)C6O)C(O)C5O)C(O)C4O)C(O)C3O)C1O. The van der Waals surface area contributed by atoms with Gasteiger partial charge in [0.1, 0.15) is 110 Å². The van der Waals surface area contributed by atoms with Gasteiger partial charge < -0.3 is 118 Å². The Kier molecular flexibility index (Phi) is 21.7. The van der Waals surface area contributed by atoms with E-state index in [1.54, 1.807) is 0 Å². The zero-order valence-electron chi connectivity index (χ0n) is 34.1. The maximum absolute atomic E-state index is 11.5. The Balaban J connectivity index is 1.19. The average molecular weight is 1630 g/mol. The lowest BCUT2D eigenvalue weighted by Gasteiger charge is -2.51. The molecule has 30 unspecified atom stereocenters. The Hall–Kier alpha value is 3.42. The second-order valence-electron chi connectivity index (χ2n) is 16.7. The highest BCUT2D eigenvalue weighted by atomic mass is 127. The second kappa shape index (κ2) is 25.1. The molecule has 0 aromatic heterocycles. The van der Waals surface area contributed by atoms with Crippen LogP contribution in [0.4, 0.5) is 0 Å². The molecule has 66 heavy (non-hydrogen) atoms. The van der Waals surface area contributed by atoms with Gasteiger partial charge in [-0.05, 0) is 0 Å². The van der Waals surface area contributed by atoms with Gasteiger partial charge in [0.05, 0.1) is 36.6 Å². The van der Waals surface area contributed by atoms with Crippen molar-refractivity contribution in [2.45, 2.75) is 184 Å². The lowest BCUT2D eigenvalue weighted by molar-refractivity contribution is -0.396. The highest BCUT2D eigenvalue weighted by molar-refractivity contribution is 14.1. The molecule has 0 aromatic carbocycles. The van der Waals surface area contributed by atoms with Crippen molar-refractivity contribution in [3.8, 4) is 0 Å². The van der Waals surface area contributed by atoms with Crippen LogP contribution in [0.5, 0.6) is 0 Å². The number of aliphatic hydroxyl groups excluding tert-OH is 12. The molecule has 384 valence electrons. The second-order valence-corrected chi connectivity index (χ2v) is 22.0. The van der Waals surface area contributed by atoms with Crippen molar-refractivity contribution >= 4 is 136 Å². The molecule has 24 nitrogen and oxygen atoms in total. The molecule has 0 aromatic rings. The first-order chi connectivity index (χ1) is 31.4. The molecule has 22 heterocycles. The van der Waals surface area contributed by atoms with E-state index in [-0.39, 0.29) is 26.6 Å². The summed E-state index contributed by atoms with van der Waals surface area (Å²) in [6.07, 6.45) is -46.3. The maximum atomic E-state index is 11.5. The Morgan fingerprint density at radius 3 is 0.424 bits per heavy atom. The smallest absolute Gasteiger partial charge is 0.187 e. The average Bonchev–Trinajstić information content (AvgIpc) is 3.31. The Labute approximate surface area is 459 Å². The number of alkyl halides is 6. The molecule has 0 spiro atoms. The van der Waals surface area contributed by atoms with E-state index in [9.17, 15) is 61.3 Å². The zero-order chi connectivity index (χ0) is 48.0. The van der Waals surface area contributed by atoms with Gasteiger partial charge in [-0.15, -0.1) is 0 Å². The fourth-order valence-corrected chi connectivity index (χ4v) is 13.0. The van der Waals surface area contributed by atoms with E-state index in [1.165, 1.54) is 0 Å². The van der Waals surface area contributed by atoms with Crippen LogP contribution in [0.2, 0.25) is 0 Å². The number of hydrogen-bond donors (Lipinski definition) is 12. The van der Waals surface area contributed by atoms with E-state index in [2.05, 4.69) is 0 Å². The Bertz CT molecular complexity index is 1260. The van der Waals surface area contributed by atoms with Gasteiger partial charge in [-0.2, -0.15) is 0 Å². The number of aliphatic hydroxyl groups is 12. The van der Waals surface area contributed by atoms with E-state index >= 15 is 0 Å². The summed E-state index contributed by atoms with van der Waals surface area (Å²) in [4.78, 5) is 0. The minimum absolute atomic E-state index is 0.117. The Morgan fingerprint density at radius 1 is 0.197 bits per heavy atom. The summed E-state index contributed by atoms with van der Waals surface area (Å²) in [7, 11) is 0. The maximum Gasteiger partial charge on any atom is 0.187 e. The molecule has 22 aliphatic rings. The molecule has 22 aliphatic heterocycles. The van der Waals surface area contributed by atoms with Crippen LogP contribution in [-0.2, 0) is 56.8 Å². The fourth-order valence-electron chi connectivity index (χ4n) is 8.79. The lowest BCUT2D eigenvalue weighted by atomic mass is 9.95. The van der Waals surface area contributed by atoms with Crippen molar-refractivity contribution < 1.29 is 118 Å². The summed E-state index contributed by atoms with van der Waals surface area (Å²) in [6.45, 7) is 0. The van der Waals surface area contributed by atoms with Gasteiger partial charge in [-0.25, -0.2) is 0 Å². The van der Waals surface area contributed by atoms with Gasteiger partial charge in [0.25, 0.3) is 0 Å². The molecule has 22 fully saturated rings. The van der Waals surface area contributed by atoms with Gasteiger partial charge in [0.15, 0.2) is 37.7 Å². The molecule has 0 saturated carbocycles.